The van der Waals surface area contributed by atoms with Crippen LogP contribution in [0.5, 0.6) is 5.75 Å². The van der Waals surface area contributed by atoms with Crippen molar-refractivity contribution in [2.75, 3.05) is 7.05 Å². The number of nitrogens with one attached hydrogen (secondary N) is 2. The summed E-state index contributed by atoms with van der Waals surface area (Å²) in [5.74, 6) is 6.82. The van der Waals surface area contributed by atoms with Crippen LogP contribution < -0.4 is 15.5 Å². The molecular formula is C30H32B3F2N5O3S. The van der Waals surface area contributed by atoms with Gasteiger partial charge in [-0.25, -0.2) is 8.78 Å². The van der Waals surface area contributed by atoms with Crippen LogP contribution in [0.4, 0.5) is 8.78 Å². The second-order valence-electron chi connectivity index (χ2n) is 9.87. The Balaban J connectivity index is 0.00000259. The normalized spacial score (nSPS) is 16.0. The van der Waals surface area contributed by atoms with Gasteiger partial charge in [0, 0.05) is 29.7 Å². The van der Waals surface area contributed by atoms with Gasteiger partial charge in [-0.1, -0.05) is 25.7 Å². The van der Waals surface area contributed by atoms with Crippen LogP contribution in [-0.4, -0.2) is 63.2 Å². The Bertz CT molecular complexity index is 1530. The average Bonchev–Trinajstić information content (AvgIpc) is 3.71. The van der Waals surface area contributed by atoms with E-state index in [1.54, 1.807) is 26.1 Å². The number of carbonyl (C=O) groups is 1. The number of halogens is 2. The Kier molecular flexibility index (Phi) is 12.1. The lowest BCUT2D eigenvalue weighted by Crippen LogP contribution is -2.37. The van der Waals surface area contributed by atoms with Crippen molar-refractivity contribution < 1.29 is 23.0 Å². The Morgan fingerprint density at radius 2 is 1.86 bits per heavy atom. The molecule has 1 unspecified atom stereocenters. The van der Waals surface area contributed by atoms with Gasteiger partial charge in [-0.2, -0.15) is 5.10 Å². The summed E-state index contributed by atoms with van der Waals surface area (Å²) in [5, 5.41) is 4.74. The van der Waals surface area contributed by atoms with E-state index in [0.717, 1.165) is 30.7 Å². The number of hydrogen-bond acceptors (Lipinski definition) is 8. The summed E-state index contributed by atoms with van der Waals surface area (Å²) in [4.78, 5) is 21.6. The van der Waals surface area contributed by atoms with E-state index >= 15 is 0 Å². The molecule has 1 aliphatic heterocycles. The second-order valence-corrected chi connectivity index (χ2v) is 11.0. The average molecular weight is 613 g/mol. The molecule has 0 bridgehead atoms. The SMILES string of the molecule is CC.[B]C([B])([B])Oc1cnc(C(F)F)cc1-c1cc(C(=NC)OC(C)=C(C)C)ccc1C(=O)NC1=NNC(C#CC2CC2)S1. The Hall–Kier alpha value is -3.72. The van der Waals surface area contributed by atoms with Crippen molar-refractivity contribution in [3.63, 3.8) is 0 Å². The lowest BCUT2D eigenvalue weighted by atomic mass is 9.52. The van der Waals surface area contributed by atoms with E-state index in [9.17, 15) is 13.6 Å². The molecule has 1 aliphatic carbocycles. The minimum absolute atomic E-state index is 0.0414. The Morgan fingerprint density at radius 3 is 2.45 bits per heavy atom. The van der Waals surface area contributed by atoms with Gasteiger partial charge in [-0.15, -0.1) is 0 Å². The number of hydrogen-bond donors (Lipinski definition) is 2. The number of amides is 1. The molecule has 1 fully saturated rings. The van der Waals surface area contributed by atoms with Crippen molar-refractivity contribution >= 4 is 52.3 Å². The van der Waals surface area contributed by atoms with Crippen molar-refractivity contribution in [2.45, 2.75) is 64.6 Å². The van der Waals surface area contributed by atoms with E-state index < -0.39 is 23.3 Å². The van der Waals surface area contributed by atoms with Gasteiger partial charge in [0.15, 0.2) is 10.5 Å². The fourth-order valence-electron chi connectivity index (χ4n) is 3.63. The molecular weight excluding hydrogens is 581 g/mol. The quantitative estimate of drug-likeness (QED) is 0.150. The number of carbonyl (C=O) groups excluding carboxylic acids is 1. The number of nitrogens with zero attached hydrogens (tertiary/aromatic N) is 3. The van der Waals surface area contributed by atoms with Crippen molar-refractivity contribution in [1.82, 2.24) is 15.7 Å². The standard InChI is InChI=1S/C28H26B3F2N5O3S.C2H6/c1-14(2)15(3)40-26(34-4)17-8-9-18(25(39)36-27-38-37-23(42-27)10-7-16-5-6-16)19(11-17)20-12-21(24(32)33)35-13-22(20)41-28(29,30)31;1-2/h8-9,11-13,16,23-24,37H,5-6H2,1-4H3,(H,36,38,39);1-2H3. The highest BCUT2D eigenvalue weighted by molar-refractivity contribution is 8.14. The van der Waals surface area contributed by atoms with Crippen LogP contribution in [0.25, 0.3) is 11.1 Å². The van der Waals surface area contributed by atoms with Crippen molar-refractivity contribution in [3.05, 3.63) is 58.6 Å². The smallest absolute Gasteiger partial charge is 0.280 e. The van der Waals surface area contributed by atoms with Crippen LogP contribution in [-0.2, 0) is 4.74 Å². The molecule has 8 nitrogen and oxygen atoms in total. The minimum atomic E-state index is -2.92. The third-order valence-corrected chi connectivity index (χ3v) is 6.96. The van der Waals surface area contributed by atoms with Gasteiger partial charge in [0.05, 0.1) is 6.20 Å². The molecule has 44 heavy (non-hydrogen) atoms. The summed E-state index contributed by atoms with van der Waals surface area (Å²) >= 11 is 1.25. The lowest BCUT2D eigenvalue weighted by molar-refractivity contribution is 0.0978. The van der Waals surface area contributed by atoms with Crippen LogP contribution in [0.3, 0.4) is 0 Å². The van der Waals surface area contributed by atoms with Gasteiger partial charge in [0.25, 0.3) is 12.3 Å². The van der Waals surface area contributed by atoms with Crippen LogP contribution >= 0.6 is 11.8 Å². The maximum absolute atomic E-state index is 13.8. The molecule has 2 aromatic rings. The second kappa shape index (κ2) is 15.3. The fourth-order valence-corrected chi connectivity index (χ4v) is 4.34. The Morgan fingerprint density at radius 1 is 1.16 bits per heavy atom. The highest BCUT2D eigenvalue weighted by atomic mass is 32.2. The zero-order chi connectivity index (χ0) is 32.6. The van der Waals surface area contributed by atoms with Crippen molar-refractivity contribution in [2.24, 2.45) is 16.0 Å². The topological polar surface area (TPSA) is 97.2 Å². The summed E-state index contributed by atoms with van der Waals surface area (Å²) in [6.45, 7) is 9.55. The third-order valence-electron chi connectivity index (χ3n) is 6.09. The van der Waals surface area contributed by atoms with Gasteiger partial charge in [0.2, 0.25) is 5.90 Å². The van der Waals surface area contributed by atoms with E-state index in [1.165, 1.54) is 17.8 Å². The summed E-state index contributed by atoms with van der Waals surface area (Å²) < 4.78 is 38.9. The van der Waals surface area contributed by atoms with Crippen LogP contribution in [0, 0.1) is 17.8 Å². The fraction of sp³-hybridized carbons (Fsp3) is 0.400. The largest absolute Gasteiger partial charge is 0.514 e. The number of rotatable bonds is 7. The molecule has 2 heterocycles. The number of ether oxygens (including phenoxy) is 2. The summed E-state index contributed by atoms with van der Waals surface area (Å²) in [6.07, 6.45) is 0.279. The summed E-state index contributed by atoms with van der Waals surface area (Å²) in [7, 11) is 18.5. The van der Waals surface area contributed by atoms with Crippen LogP contribution in [0.15, 0.2) is 51.9 Å². The van der Waals surface area contributed by atoms with E-state index in [4.69, 9.17) is 33.0 Å². The minimum Gasteiger partial charge on any atom is -0.514 e. The molecule has 0 saturated heterocycles. The van der Waals surface area contributed by atoms with E-state index in [1.807, 2.05) is 27.7 Å². The number of thioether (sulfide) groups is 1. The first-order valence-electron chi connectivity index (χ1n) is 13.9. The molecule has 2 N–H and O–H groups in total. The molecule has 1 atom stereocenters. The molecule has 6 radical (unpaired) electrons. The first-order valence-corrected chi connectivity index (χ1v) is 14.8. The molecule has 1 aromatic carbocycles. The zero-order valence-electron chi connectivity index (χ0n) is 25.5. The number of amidine groups is 1. The Labute approximate surface area is 265 Å². The van der Waals surface area contributed by atoms with Gasteiger partial charge < -0.3 is 9.47 Å². The molecule has 14 heteroatoms. The number of aliphatic imine (C=N–C) groups is 1. The van der Waals surface area contributed by atoms with Crippen molar-refractivity contribution in [3.8, 4) is 28.7 Å². The molecule has 4 rings (SSSR count). The lowest BCUT2D eigenvalue weighted by Gasteiger charge is -2.26. The zero-order valence-corrected chi connectivity index (χ0v) is 26.3. The maximum atomic E-state index is 13.8. The molecule has 0 spiro atoms. The number of aromatic nitrogens is 1. The van der Waals surface area contributed by atoms with Gasteiger partial charge in [0.1, 0.15) is 40.7 Å². The summed E-state index contributed by atoms with van der Waals surface area (Å²) in [5.41, 5.74) is 4.00. The molecule has 2 aliphatic rings. The summed E-state index contributed by atoms with van der Waals surface area (Å²) in [6, 6.07) is 5.78. The number of alkyl halides is 2. The highest BCUT2D eigenvalue weighted by Gasteiger charge is 2.26. The monoisotopic (exact) mass is 613 g/mol. The van der Waals surface area contributed by atoms with Gasteiger partial charge in [-0.3, -0.25) is 25.5 Å². The predicted octanol–water partition coefficient (Wildman–Crippen LogP) is 4.99. The molecule has 1 amide bonds. The number of benzene rings is 1. The first-order chi connectivity index (χ1) is 20.8. The maximum Gasteiger partial charge on any atom is 0.280 e. The number of hydrazone groups is 1. The predicted molar refractivity (Wildman–Crippen MR) is 174 cm³/mol. The highest BCUT2D eigenvalue weighted by Crippen LogP contribution is 2.37. The van der Waals surface area contributed by atoms with E-state index in [-0.39, 0.29) is 33.7 Å². The van der Waals surface area contributed by atoms with Gasteiger partial charge in [-0.05, 0) is 86.1 Å². The first kappa shape index (κ1) is 34.8. The van der Waals surface area contributed by atoms with Crippen LogP contribution in [0.2, 0.25) is 0 Å². The number of allylic oxidation sites excluding steroid dienone is 2. The van der Waals surface area contributed by atoms with Gasteiger partial charge >= 0.3 is 0 Å². The third kappa shape index (κ3) is 9.64. The van der Waals surface area contributed by atoms with E-state index in [2.05, 4.69) is 37.7 Å². The molecule has 224 valence electrons. The van der Waals surface area contributed by atoms with E-state index in [0.29, 0.717) is 22.4 Å². The molecule has 1 saturated carbocycles. The number of pyridine rings is 1. The van der Waals surface area contributed by atoms with Crippen molar-refractivity contribution in [1.29, 1.82) is 0 Å². The molecule has 1 aromatic heterocycles. The van der Waals surface area contributed by atoms with Crippen LogP contribution in [0.1, 0.15) is 75.5 Å².